The fraction of sp³-hybridized carbons (Fsp3) is 0.769. The maximum Gasteiger partial charge on any atom is 0.245 e. The summed E-state index contributed by atoms with van der Waals surface area (Å²) in [6.45, 7) is 9.17. The van der Waals surface area contributed by atoms with E-state index in [0.717, 1.165) is 25.8 Å². The van der Waals surface area contributed by atoms with Crippen molar-refractivity contribution in [3.8, 4) is 0 Å². The van der Waals surface area contributed by atoms with E-state index in [1.54, 1.807) is 0 Å². The number of hydrogen-bond donors (Lipinski definition) is 2. The highest BCUT2D eigenvalue weighted by atomic mass is 15.2. The van der Waals surface area contributed by atoms with Gasteiger partial charge in [0, 0.05) is 5.54 Å². The highest BCUT2D eigenvalue weighted by molar-refractivity contribution is 4.77. The molecule has 1 aromatic rings. The summed E-state index contributed by atoms with van der Waals surface area (Å²) in [6, 6.07) is 0. The summed E-state index contributed by atoms with van der Waals surface area (Å²) in [5.74, 6) is 0. The number of imidazole rings is 1. The molecule has 0 aliphatic carbocycles. The Morgan fingerprint density at radius 2 is 1.76 bits per heavy atom. The van der Waals surface area contributed by atoms with Crippen molar-refractivity contribution in [1.29, 1.82) is 0 Å². The van der Waals surface area contributed by atoms with E-state index in [1.165, 1.54) is 0 Å². The van der Waals surface area contributed by atoms with E-state index >= 15 is 0 Å². The minimum atomic E-state index is -0.329. The summed E-state index contributed by atoms with van der Waals surface area (Å²) in [5, 5.41) is 0. The van der Waals surface area contributed by atoms with E-state index in [2.05, 4.69) is 30.9 Å². The van der Waals surface area contributed by atoms with Crippen molar-refractivity contribution in [2.45, 2.75) is 64.7 Å². The molecular formula is C13H27N4+. The predicted octanol–water partition coefficient (Wildman–Crippen LogP) is 1.33. The number of aromatic nitrogens is 2. The van der Waals surface area contributed by atoms with Crippen LogP contribution >= 0.6 is 0 Å². The van der Waals surface area contributed by atoms with Crippen LogP contribution in [0.1, 0.15) is 47.0 Å². The minimum absolute atomic E-state index is 0.0458. The highest BCUT2D eigenvalue weighted by Crippen LogP contribution is 2.09. The van der Waals surface area contributed by atoms with Crippen LogP contribution in [-0.4, -0.2) is 10.1 Å². The molecule has 0 saturated heterocycles. The molecule has 4 heteroatoms. The number of rotatable bonds is 6. The number of nitrogens with zero attached hydrogens (tertiary/aromatic N) is 2. The molecule has 0 bridgehead atoms. The summed E-state index contributed by atoms with van der Waals surface area (Å²) >= 11 is 0. The lowest BCUT2D eigenvalue weighted by atomic mass is 9.99. The molecule has 1 heterocycles. The molecule has 0 radical (unpaired) electrons. The van der Waals surface area contributed by atoms with Crippen molar-refractivity contribution in [1.82, 2.24) is 4.57 Å². The van der Waals surface area contributed by atoms with Gasteiger partial charge in [0.05, 0.1) is 6.54 Å². The van der Waals surface area contributed by atoms with E-state index in [9.17, 15) is 0 Å². The first-order valence-corrected chi connectivity index (χ1v) is 6.34. The van der Waals surface area contributed by atoms with Gasteiger partial charge in [-0.25, -0.2) is 9.13 Å². The van der Waals surface area contributed by atoms with Gasteiger partial charge in [-0.2, -0.15) is 0 Å². The number of unbranched alkanes of at least 4 members (excludes halogenated alkanes) is 1. The Kier molecular flexibility index (Phi) is 4.33. The van der Waals surface area contributed by atoms with Crippen molar-refractivity contribution in [3.05, 3.63) is 18.7 Å². The maximum atomic E-state index is 6.02. The highest BCUT2D eigenvalue weighted by Gasteiger charge is 2.19. The van der Waals surface area contributed by atoms with E-state index in [0.29, 0.717) is 0 Å². The third-order valence-corrected chi connectivity index (χ3v) is 2.84. The predicted molar refractivity (Wildman–Crippen MR) is 70.3 cm³/mol. The van der Waals surface area contributed by atoms with Gasteiger partial charge in [0.15, 0.2) is 5.66 Å². The Morgan fingerprint density at radius 3 is 2.24 bits per heavy atom. The molecule has 4 nitrogen and oxygen atoms in total. The zero-order valence-electron chi connectivity index (χ0n) is 11.6. The van der Waals surface area contributed by atoms with Crippen LogP contribution in [0.4, 0.5) is 0 Å². The van der Waals surface area contributed by atoms with E-state index in [1.807, 2.05) is 24.6 Å². The molecular weight excluding hydrogens is 212 g/mol. The summed E-state index contributed by atoms with van der Waals surface area (Å²) in [5.41, 5.74) is 11.6. The first-order chi connectivity index (χ1) is 7.68. The molecule has 0 saturated carbocycles. The second kappa shape index (κ2) is 5.19. The zero-order valence-corrected chi connectivity index (χ0v) is 11.6. The normalized spacial score (nSPS) is 13.1. The molecule has 1 rings (SSSR count). The molecule has 4 N–H and O–H groups in total. The monoisotopic (exact) mass is 239 g/mol. The van der Waals surface area contributed by atoms with Crippen LogP contribution in [0.5, 0.6) is 0 Å². The molecule has 0 aromatic carbocycles. The maximum absolute atomic E-state index is 6.02. The molecule has 98 valence electrons. The van der Waals surface area contributed by atoms with Crippen molar-refractivity contribution >= 4 is 0 Å². The van der Waals surface area contributed by atoms with Gasteiger partial charge in [-0.05, 0) is 47.0 Å². The number of nitrogens with two attached hydrogens (primary N) is 2. The Labute approximate surface area is 105 Å². The minimum Gasteiger partial charge on any atom is -0.326 e. The molecule has 0 fully saturated rings. The third kappa shape index (κ3) is 5.33. The molecule has 0 amide bonds. The summed E-state index contributed by atoms with van der Waals surface area (Å²) in [4.78, 5) is 0. The molecule has 17 heavy (non-hydrogen) atoms. The Morgan fingerprint density at radius 1 is 1.12 bits per heavy atom. The van der Waals surface area contributed by atoms with Gasteiger partial charge in [-0.15, -0.1) is 0 Å². The molecule has 0 aliphatic rings. The molecule has 0 spiro atoms. The van der Waals surface area contributed by atoms with Crippen LogP contribution in [0, 0.1) is 0 Å². The average Bonchev–Trinajstić information content (AvgIpc) is 2.58. The van der Waals surface area contributed by atoms with Gasteiger partial charge in [-0.3, -0.25) is 5.73 Å². The van der Waals surface area contributed by atoms with Gasteiger partial charge >= 0.3 is 0 Å². The third-order valence-electron chi connectivity index (χ3n) is 2.84. The Balaban J connectivity index is 2.36. The number of aryl methyl sites for hydroxylation is 1. The molecule has 0 aliphatic heterocycles. The van der Waals surface area contributed by atoms with Crippen molar-refractivity contribution in [2.24, 2.45) is 11.5 Å². The zero-order chi connectivity index (χ0) is 13.1. The largest absolute Gasteiger partial charge is 0.326 e. The fourth-order valence-electron chi connectivity index (χ4n) is 1.74. The number of hydrogen-bond acceptors (Lipinski definition) is 2. The lowest BCUT2D eigenvalue weighted by Crippen LogP contribution is -2.38. The summed E-state index contributed by atoms with van der Waals surface area (Å²) in [6.07, 6.45) is 9.54. The second-order valence-corrected chi connectivity index (χ2v) is 6.16. The molecule has 1 aromatic heterocycles. The van der Waals surface area contributed by atoms with E-state index in [-0.39, 0.29) is 11.2 Å². The SMILES string of the molecule is CC(C)(N)CCCC[n+]1ccn(C(C)(C)N)c1. The van der Waals surface area contributed by atoms with Crippen LogP contribution in [-0.2, 0) is 12.2 Å². The lowest BCUT2D eigenvalue weighted by molar-refractivity contribution is -0.697. The quantitative estimate of drug-likeness (QED) is 0.581. The van der Waals surface area contributed by atoms with Crippen LogP contribution in [0.2, 0.25) is 0 Å². The van der Waals surface area contributed by atoms with Gasteiger partial charge in [0.2, 0.25) is 6.33 Å². The van der Waals surface area contributed by atoms with E-state index in [4.69, 9.17) is 11.5 Å². The smallest absolute Gasteiger partial charge is 0.245 e. The topological polar surface area (TPSA) is 60.8 Å². The van der Waals surface area contributed by atoms with Gasteiger partial charge in [0.1, 0.15) is 12.4 Å². The Bertz CT molecular complexity index is 341. The second-order valence-electron chi connectivity index (χ2n) is 6.16. The van der Waals surface area contributed by atoms with Gasteiger partial charge in [0.25, 0.3) is 0 Å². The first kappa shape index (κ1) is 14.2. The fourth-order valence-corrected chi connectivity index (χ4v) is 1.74. The van der Waals surface area contributed by atoms with Gasteiger partial charge < -0.3 is 5.73 Å². The van der Waals surface area contributed by atoms with Gasteiger partial charge in [-0.1, -0.05) is 0 Å². The Hall–Kier alpha value is -0.870. The van der Waals surface area contributed by atoms with Crippen molar-refractivity contribution < 1.29 is 4.57 Å². The van der Waals surface area contributed by atoms with Crippen LogP contribution in [0.15, 0.2) is 18.7 Å². The summed E-state index contributed by atoms with van der Waals surface area (Å²) in [7, 11) is 0. The molecule has 0 unspecified atom stereocenters. The standard InChI is InChI=1S/C13H27N4/c1-12(2,14)7-5-6-8-16-9-10-17(11-16)13(3,4)15/h9-11H,5-8,14-15H2,1-4H3/q+1. The average molecular weight is 239 g/mol. The first-order valence-electron chi connectivity index (χ1n) is 6.34. The van der Waals surface area contributed by atoms with Crippen LogP contribution < -0.4 is 16.0 Å². The van der Waals surface area contributed by atoms with Crippen LogP contribution in [0.25, 0.3) is 0 Å². The van der Waals surface area contributed by atoms with Crippen molar-refractivity contribution in [3.63, 3.8) is 0 Å². The molecule has 0 atom stereocenters. The summed E-state index contributed by atoms with van der Waals surface area (Å²) < 4.78 is 4.21. The lowest BCUT2D eigenvalue weighted by Gasteiger charge is -2.17. The van der Waals surface area contributed by atoms with Crippen LogP contribution in [0.3, 0.4) is 0 Å². The van der Waals surface area contributed by atoms with E-state index < -0.39 is 0 Å². The van der Waals surface area contributed by atoms with Crippen molar-refractivity contribution in [2.75, 3.05) is 0 Å².